The number of fused-ring (bicyclic) bond motifs is 3. The molecule has 0 bridgehead atoms. The summed E-state index contributed by atoms with van der Waals surface area (Å²) in [5.41, 5.74) is 0.308. The highest BCUT2D eigenvalue weighted by Crippen LogP contribution is 2.35. The van der Waals surface area contributed by atoms with Crippen molar-refractivity contribution in [1.82, 2.24) is 0 Å². The van der Waals surface area contributed by atoms with Gasteiger partial charge in [0.1, 0.15) is 16.5 Å². The van der Waals surface area contributed by atoms with E-state index in [2.05, 4.69) is 4.40 Å². The third-order valence-corrected chi connectivity index (χ3v) is 6.16. The largest absolute Gasteiger partial charge is 0.423 e. The van der Waals surface area contributed by atoms with Gasteiger partial charge in [-0.25, -0.2) is 4.79 Å². The van der Waals surface area contributed by atoms with Crippen molar-refractivity contribution < 1.29 is 22.9 Å². The van der Waals surface area contributed by atoms with Crippen LogP contribution in [0.1, 0.15) is 36.0 Å². The Hall–Kier alpha value is -3.27. The molecule has 4 rings (SSSR count). The number of esters is 1. The van der Waals surface area contributed by atoms with Crippen LogP contribution in [0.5, 0.6) is 5.75 Å². The Balaban J connectivity index is 1.66. The first-order valence-electron chi connectivity index (χ1n) is 9.07. The van der Waals surface area contributed by atoms with Crippen LogP contribution in [-0.2, 0) is 10.0 Å². The van der Waals surface area contributed by atoms with E-state index in [4.69, 9.17) is 4.74 Å². The molecule has 2 aromatic rings. The van der Waals surface area contributed by atoms with Crippen LogP contribution in [0, 0.1) is 10.1 Å². The Labute approximate surface area is 166 Å². The van der Waals surface area contributed by atoms with Gasteiger partial charge in [0, 0.05) is 19.0 Å². The van der Waals surface area contributed by atoms with Crippen LogP contribution >= 0.6 is 0 Å². The van der Waals surface area contributed by atoms with Crippen molar-refractivity contribution in [2.75, 3.05) is 11.4 Å². The van der Waals surface area contributed by atoms with Crippen LogP contribution in [0.3, 0.4) is 0 Å². The highest BCUT2D eigenvalue weighted by atomic mass is 32.2. The fraction of sp³-hybridized carbons (Fsp3) is 0.263. The van der Waals surface area contributed by atoms with Crippen molar-refractivity contribution in [1.29, 1.82) is 0 Å². The highest BCUT2D eigenvalue weighted by Gasteiger charge is 2.32. The van der Waals surface area contributed by atoms with Crippen LogP contribution in [0.15, 0.2) is 51.8 Å². The molecule has 1 saturated heterocycles. The summed E-state index contributed by atoms with van der Waals surface area (Å²) in [7, 11) is -3.93. The molecule has 0 N–H and O–H groups in total. The lowest BCUT2D eigenvalue weighted by molar-refractivity contribution is -0.384. The van der Waals surface area contributed by atoms with Crippen molar-refractivity contribution in [3.63, 3.8) is 0 Å². The first-order valence-corrected chi connectivity index (χ1v) is 10.5. The summed E-state index contributed by atoms with van der Waals surface area (Å²) in [5, 5.41) is 10.9. The minimum atomic E-state index is -3.93. The summed E-state index contributed by atoms with van der Waals surface area (Å²) in [4.78, 5) is 24.6. The normalized spacial score (nSPS) is 17.4. The van der Waals surface area contributed by atoms with Crippen molar-refractivity contribution in [2.24, 2.45) is 4.40 Å². The van der Waals surface area contributed by atoms with Crippen molar-refractivity contribution in [3.8, 4) is 5.75 Å². The highest BCUT2D eigenvalue weighted by molar-refractivity contribution is 7.90. The molecule has 150 valence electrons. The van der Waals surface area contributed by atoms with E-state index in [-0.39, 0.29) is 21.9 Å². The van der Waals surface area contributed by atoms with E-state index >= 15 is 0 Å². The number of nitro benzene ring substituents is 1. The molecule has 0 saturated carbocycles. The average molecular weight is 415 g/mol. The number of nitrogens with zero attached hydrogens (tertiary/aromatic N) is 3. The third kappa shape index (κ3) is 3.70. The standard InChI is InChI=1S/C19H17N3O6S/c23-19(28-15-6-4-5-14(12-15)22(24)25)13-8-9-16-17(11-13)29(26,27)20-18-7-2-1-3-10-21(16)18/h4-6,8-9,11-12H,1-3,7,10H2. The van der Waals surface area contributed by atoms with E-state index in [0.29, 0.717) is 24.5 Å². The Morgan fingerprint density at radius 1 is 1.14 bits per heavy atom. The summed E-state index contributed by atoms with van der Waals surface area (Å²) >= 11 is 0. The molecular weight excluding hydrogens is 398 g/mol. The van der Waals surface area contributed by atoms with Crippen LogP contribution in [-0.4, -0.2) is 31.7 Å². The fourth-order valence-corrected chi connectivity index (χ4v) is 4.72. The topological polar surface area (TPSA) is 119 Å². The van der Waals surface area contributed by atoms with E-state index in [9.17, 15) is 23.3 Å². The lowest BCUT2D eigenvalue weighted by atomic mass is 10.2. The zero-order valence-corrected chi connectivity index (χ0v) is 16.1. The molecule has 1 fully saturated rings. The van der Waals surface area contributed by atoms with Gasteiger partial charge in [0.05, 0.1) is 22.2 Å². The first kappa shape index (κ1) is 19.1. The number of ether oxygens (including phenoxy) is 1. The second kappa shape index (κ2) is 7.28. The molecule has 9 nitrogen and oxygen atoms in total. The number of benzene rings is 2. The monoisotopic (exact) mass is 415 g/mol. The van der Waals surface area contributed by atoms with Crippen molar-refractivity contribution in [3.05, 3.63) is 58.1 Å². The van der Waals surface area contributed by atoms with Crippen molar-refractivity contribution in [2.45, 2.75) is 30.6 Å². The molecule has 0 unspecified atom stereocenters. The number of non-ortho nitro benzene ring substituents is 1. The molecule has 2 aromatic carbocycles. The lowest BCUT2D eigenvalue weighted by Gasteiger charge is -2.29. The van der Waals surface area contributed by atoms with Gasteiger partial charge in [-0.15, -0.1) is 4.40 Å². The predicted octanol–water partition coefficient (Wildman–Crippen LogP) is 3.30. The Kier molecular flexibility index (Phi) is 4.79. The van der Waals surface area contributed by atoms with E-state index in [1.165, 1.54) is 30.3 Å². The zero-order chi connectivity index (χ0) is 20.6. The number of amidine groups is 1. The molecule has 0 atom stereocenters. The molecule has 0 aliphatic carbocycles. The second-order valence-corrected chi connectivity index (χ2v) is 8.34. The van der Waals surface area contributed by atoms with E-state index in [1.54, 1.807) is 6.07 Å². The average Bonchev–Trinajstić information content (AvgIpc) is 2.92. The maximum Gasteiger partial charge on any atom is 0.343 e. The molecule has 29 heavy (non-hydrogen) atoms. The third-order valence-electron chi connectivity index (χ3n) is 4.82. The van der Waals surface area contributed by atoms with Gasteiger partial charge < -0.3 is 9.64 Å². The maximum absolute atomic E-state index is 12.7. The van der Waals surface area contributed by atoms with Gasteiger partial charge in [0.2, 0.25) is 0 Å². The lowest BCUT2D eigenvalue weighted by Crippen LogP contribution is -2.35. The number of anilines is 1. The zero-order valence-electron chi connectivity index (χ0n) is 15.3. The van der Waals surface area contributed by atoms with Crippen LogP contribution < -0.4 is 9.64 Å². The van der Waals surface area contributed by atoms with Gasteiger partial charge >= 0.3 is 5.97 Å². The van der Waals surface area contributed by atoms with Crippen LogP contribution in [0.4, 0.5) is 11.4 Å². The number of carbonyl (C=O) groups excluding carboxylic acids is 1. The van der Waals surface area contributed by atoms with E-state index in [0.717, 1.165) is 25.3 Å². The molecule has 2 aliphatic heterocycles. The number of rotatable bonds is 3. The molecule has 2 heterocycles. The number of hydrogen-bond acceptors (Lipinski definition) is 7. The Morgan fingerprint density at radius 2 is 1.97 bits per heavy atom. The molecule has 0 amide bonds. The number of carbonyl (C=O) groups is 1. The van der Waals surface area contributed by atoms with Gasteiger partial charge in [-0.05, 0) is 37.1 Å². The van der Waals surface area contributed by atoms with Gasteiger partial charge in [0.25, 0.3) is 15.7 Å². The maximum atomic E-state index is 12.7. The summed E-state index contributed by atoms with van der Waals surface area (Å²) in [6.45, 7) is 0.666. The van der Waals surface area contributed by atoms with Crippen LogP contribution in [0.2, 0.25) is 0 Å². The predicted molar refractivity (Wildman–Crippen MR) is 105 cm³/mol. The second-order valence-electron chi connectivity index (χ2n) is 6.77. The van der Waals surface area contributed by atoms with Gasteiger partial charge in [-0.3, -0.25) is 10.1 Å². The smallest absolute Gasteiger partial charge is 0.343 e. The minimum absolute atomic E-state index is 0.00222. The SMILES string of the molecule is O=C(Oc1cccc([N+](=O)[O-])c1)c1ccc2c(c1)S(=O)(=O)N=C1CCCCCN12. The summed E-state index contributed by atoms with van der Waals surface area (Å²) < 4.78 is 34.4. The molecule has 10 heteroatoms. The van der Waals surface area contributed by atoms with Gasteiger partial charge in [0.15, 0.2) is 0 Å². The molecular formula is C19H17N3O6S. The van der Waals surface area contributed by atoms with Crippen molar-refractivity contribution >= 4 is 33.2 Å². The van der Waals surface area contributed by atoms with Gasteiger partial charge in [-0.2, -0.15) is 8.42 Å². The van der Waals surface area contributed by atoms with Gasteiger partial charge in [-0.1, -0.05) is 12.5 Å². The first-order chi connectivity index (χ1) is 13.8. The Morgan fingerprint density at radius 3 is 2.76 bits per heavy atom. The van der Waals surface area contributed by atoms with E-state index in [1.807, 2.05) is 4.90 Å². The molecule has 0 aromatic heterocycles. The Bertz CT molecular complexity index is 1140. The van der Waals surface area contributed by atoms with E-state index < -0.39 is 20.9 Å². The summed E-state index contributed by atoms with van der Waals surface area (Å²) in [6, 6.07) is 9.52. The fourth-order valence-electron chi connectivity index (χ4n) is 3.43. The molecule has 2 aliphatic rings. The quantitative estimate of drug-likeness (QED) is 0.326. The number of hydrogen-bond donors (Lipinski definition) is 0. The summed E-state index contributed by atoms with van der Waals surface area (Å²) in [5.74, 6) is -0.284. The summed E-state index contributed by atoms with van der Waals surface area (Å²) in [6.07, 6.45) is 3.40. The number of nitro groups is 1. The molecule has 0 radical (unpaired) electrons. The minimum Gasteiger partial charge on any atom is -0.423 e. The molecule has 0 spiro atoms. The van der Waals surface area contributed by atoms with Crippen LogP contribution in [0.25, 0.3) is 0 Å². The number of sulfonamides is 1.